The van der Waals surface area contributed by atoms with Crippen LogP contribution in [0.15, 0.2) is 0 Å². The first-order valence-corrected chi connectivity index (χ1v) is 7.74. The van der Waals surface area contributed by atoms with Crippen LogP contribution in [0, 0.1) is 17.3 Å². The van der Waals surface area contributed by atoms with Gasteiger partial charge in [0.1, 0.15) is 0 Å². The van der Waals surface area contributed by atoms with Crippen LogP contribution in [0.3, 0.4) is 0 Å². The fraction of sp³-hybridized carbons (Fsp3) is 1.00. The molecule has 1 N–H and O–H groups in total. The summed E-state index contributed by atoms with van der Waals surface area (Å²) in [6.45, 7) is 18.0. The van der Waals surface area contributed by atoms with Gasteiger partial charge in [0.15, 0.2) is 0 Å². The molecule has 1 saturated heterocycles. The zero-order chi connectivity index (χ0) is 13.6. The van der Waals surface area contributed by atoms with Gasteiger partial charge in [0.05, 0.1) is 0 Å². The molecule has 1 aliphatic carbocycles. The van der Waals surface area contributed by atoms with Crippen LogP contribution >= 0.6 is 0 Å². The Balaban J connectivity index is 2.01. The van der Waals surface area contributed by atoms with Gasteiger partial charge >= 0.3 is 0 Å². The zero-order valence-corrected chi connectivity index (χ0v) is 13.2. The highest BCUT2D eigenvalue weighted by molar-refractivity contribution is 5.04. The van der Waals surface area contributed by atoms with E-state index in [1.54, 1.807) is 0 Å². The molecule has 1 heterocycles. The van der Waals surface area contributed by atoms with Crippen molar-refractivity contribution in [2.24, 2.45) is 17.3 Å². The lowest BCUT2D eigenvalue weighted by Crippen LogP contribution is -2.64. The van der Waals surface area contributed by atoms with E-state index in [1.165, 1.54) is 25.9 Å². The van der Waals surface area contributed by atoms with Crippen LogP contribution < -0.4 is 5.32 Å². The molecule has 2 atom stereocenters. The molecule has 2 unspecified atom stereocenters. The van der Waals surface area contributed by atoms with E-state index < -0.39 is 0 Å². The predicted molar refractivity (Wildman–Crippen MR) is 78.8 cm³/mol. The maximum Gasteiger partial charge on any atom is 0.0309 e. The molecule has 0 amide bonds. The second-order valence-electron chi connectivity index (χ2n) is 7.97. The number of nitrogens with zero attached hydrogens (tertiary/aromatic N) is 1. The van der Waals surface area contributed by atoms with Crippen molar-refractivity contribution < 1.29 is 0 Å². The summed E-state index contributed by atoms with van der Waals surface area (Å²) < 4.78 is 0. The monoisotopic (exact) mass is 252 g/mol. The minimum Gasteiger partial charge on any atom is -0.308 e. The zero-order valence-electron chi connectivity index (χ0n) is 13.2. The number of nitrogens with one attached hydrogen (secondary N) is 1. The van der Waals surface area contributed by atoms with Gasteiger partial charge in [0, 0.05) is 31.2 Å². The van der Waals surface area contributed by atoms with Crippen molar-refractivity contribution in [3.8, 4) is 0 Å². The largest absolute Gasteiger partial charge is 0.308 e. The van der Waals surface area contributed by atoms with Crippen molar-refractivity contribution in [1.29, 1.82) is 0 Å². The van der Waals surface area contributed by atoms with Crippen molar-refractivity contribution in [3.05, 3.63) is 0 Å². The second kappa shape index (κ2) is 4.79. The van der Waals surface area contributed by atoms with Gasteiger partial charge in [-0.25, -0.2) is 0 Å². The van der Waals surface area contributed by atoms with Gasteiger partial charge in [0.25, 0.3) is 0 Å². The highest BCUT2D eigenvalue weighted by atomic mass is 15.3. The third kappa shape index (κ3) is 2.91. The minimum absolute atomic E-state index is 0.375. The Morgan fingerprint density at radius 2 is 1.94 bits per heavy atom. The van der Waals surface area contributed by atoms with Crippen molar-refractivity contribution in [2.75, 3.05) is 19.6 Å². The maximum absolute atomic E-state index is 3.81. The van der Waals surface area contributed by atoms with E-state index >= 15 is 0 Å². The fourth-order valence-electron chi connectivity index (χ4n) is 3.06. The Morgan fingerprint density at radius 3 is 2.44 bits per heavy atom. The Hall–Kier alpha value is -0.0800. The highest BCUT2D eigenvalue weighted by Gasteiger charge is 2.46. The SMILES string of the molecule is CC1CNC(C)(C2CC2)CN1CC(C)(C)C(C)C. The van der Waals surface area contributed by atoms with Gasteiger partial charge in [-0.3, -0.25) is 4.90 Å². The van der Waals surface area contributed by atoms with Crippen LogP contribution in [0.25, 0.3) is 0 Å². The van der Waals surface area contributed by atoms with E-state index in [0.29, 0.717) is 17.0 Å². The van der Waals surface area contributed by atoms with E-state index in [1.807, 2.05) is 0 Å². The standard InChI is InChI=1S/C16H32N2/c1-12(2)15(4,5)10-18-11-16(6,14-7-8-14)17-9-13(18)3/h12-14,17H,7-11H2,1-6H3. The van der Waals surface area contributed by atoms with Crippen LogP contribution in [-0.2, 0) is 0 Å². The summed E-state index contributed by atoms with van der Waals surface area (Å²) in [6, 6.07) is 0.676. The van der Waals surface area contributed by atoms with Crippen molar-refractivity contribution in [1.82, 2.24) is 10.2 Å². The molecule has 2 heteroatoms. The average Bonchev–Trinajstić information content (AvgIpc) is 3.07. The van der Waals surface area contributed by atoms with Crippen LogP contribution in [-0.4, -0.2) is 36.1 Å². The molecule has 0 aromatic carbocycles. The average molecular weight is 252 g/mol. The first kappa shape index (κ1) is 14.3. The van der Waals surface area contributed by atoms with E-state index in [4.69, 9.17) is 0 Å². The summed E-state index contributed by atoms with van der Waals surface area (Å²) in [6.07, 6.45) is 2.86. The quantitative estimate of drug-likeness (QED) is 0.827. The van der Waals surface area contributed by atoms with Crippen molar-refractivity contribution in [3.63, 3.8) is 0 Å². The highest BCUT2D eigenvalue weighted by Crippen LogP contribution is 2.42. The lowest BCUT2D eigenvalue weighted by atomic mass is 9.79. The molecular formula is C16H32N2. The molecule has 1 aliphatic heterocycles. The fourth-order valence-corrected chi connectivity index (χ4v) is 3.06. The Labute approximate surface area is 114 Å². The summed E-state index contributed by atoms with van der Waals surface area (Å²) in [7, 11) is 0. The first-order valence-electron chi connectivity index (χ1n) is 7.74. The molecule has 2 aliphatic rings. The van der Waals surface area contributed by atoms with E-state index in [0.717, 1.165) is 18.4 Å². The summed E-state index contributed by atoms with van der Waals surface area (Å²) in [5, 5.41) is 3.81. The Morgan fingerprint density at radius 1 is 1.33 bits per heavy atom. The maximum atomic E-state index is 3.81. The third-order valence-electron chi connectivity index (χ3n) is 5.61. The molecule has 0 aromatic rings. The van der Waals surface area contributed by atoms with Crippen molar-refractivity contribution in [2.45, 2.75) is 66.0 Å². The van der Waals surface area contributed by atoms with Gasteiger partial charge in [0.2, 0.25) is 0 Å². The van der Waals surface area contributed by atoms with E-state index in [-0.39, 0.29) is 0 Å². The van der Waals surface area contributed by atoms with Gasteiger partial charge in [-0.05, 0) is 43.9 Å². The summed E-state index contributed by atoms with van der Waals surface area (Å²) in [5.74, 6) is 1.67. The van der Waals surface area contributed by atoms with Gasteiger partial charge in [-0.15, -0.1) is 0 Å². The Bertz CT molecular complexity index is 291. The smallest absolute Gasteiger partial charge is 0.0309 e. The molecule has 1 saturated carbocycles. The van der Waals surface area contributed by atoms with Gasteiger partial charge in [-0.2, -0.15) is 0 Å². The van der Waals surface area contributed by atoms with Gasteiger partial charge in [-0.1, -0.05) is 27.7 Å². The Kier molecular flexibility index (Phi) is 3.81. The molecule has 0 aromatic heterocycles. The molecule has 2 nitrogen and oxygen atoms in total. The number of hydrogen-bond donors (Lipinski definition) is 1. The van der Waals surface area contributed by atoms with Crippen LogP contribution in [0.2, 0.25) is 0 Å². The molecule has 0 bridgehead atoms. The van der Waals surface area contributed by atoms with Crippen LogP contribution in [0.1, 0.15) is 54.4 Å². The van der Waals surface area contributed by atoms with E-state index in [9.17, 15) is 0 Å². The third-order valence-corrected chi connectivity index (χ3v) is 5.61. The molecule has 0 spiro atoms. The number of hydrogen-bond acceptors (Lipinski definition) is 2. The molecular weight excluding hydrogens is 220 g/mol. The minimum atomic E-state index is 0.375. The number of rotatable bonds is 4. The summed E-state index contributed by atoms with van der Waals surface area (Å²) in [5.41, 5.74) is 0.787. The first-order chi connectivity index (χ1) is 8.24. The molecule has 106 valence electrons. The molecule has 2 fully saturated rings. The number of piperazine rings is 1. The van der Waals surface area contributed by atoms with E-state index in [2.05, 4.69) is 51.8 Å². The summed E-state index contributed by atoms with van der Waals surface area (Å²) in [4.78, 5) is 2.73. The summed E-state index contributed by atoms with van der Waals surface area (Å²) >= 11 is 0. The molecule has 18 heavy (non-hydrogen) atoms. The van der Waals surface area contributed by atoms with Gasteiger partial charge < -0.3 is 5.32 Å². The lowest BCUT2D eigenvalue weighted by molar-refractivity contribution is 0.0372. The lowest BCUT2D eigenvalue weighted by Gasteiger charge is -2.48. The topological polar surface area (TPSA) is 15.3 Å². The van der Waals surface area contributed by atoms with Crippen LogP contribution in [0.5, 0.6) is 0 Å². The second-order valence-corrected chi connectivity index (χ2v) is 7.97. The molecule has 2 rings (SSSR count). The normalized spacial score (nSPS) is 35.2. The molecule has 0 radical (unpaired) electrons. The van der Waals surface area contributed by atoms with Crippen LogP contribution in [0.4, 0.5) is 0 Å². The van der Waals surface area contributed by atoms with Crippen molar-refractivity contribution >= 4 is 0 Å². The predicted octanol–water partition coefficient (Wildman–Crippen LogP) is 3.13.